The second-order valence-corrected chi connectivity index (χ2v) is 4.63. The predicted octanol–water partition coefficient (Wildman–Crippen LogP) is 3.56. The molecule has 2 rings (SSSR count). The number of hydrogen-bond acceptors (Lipinski definition) is 3. The maximum Gasteiger partial charge on any atom is 0.227 e. The number of rotatable bonds is 5. The average molecular weight is 274 g/mol. The van der Waals surface area contributed by atoms with E-state index in [1.807, 2.05) is 31.2 Å². The van der Waals surface area contributed by atoms with Crippen molar-refractivity contribution in [1.29, 1.82) is 0 Å². The van der Waals surface area contributed by atoms with E-state index in [0.717, 1.165) is 11.3 Å². The number of halogens is 1. The molecule has 0 bridgehead atoms. The Morgan fingerprint density at radius 2 is 1.75 bits per heavy atom. The molecule has 0 heterocycles. The van der Waals surface area contributed by atoms with E-state index in [1.54, 1.807) is 12.1 Å². The van der Waals surface area contributed by atoms with Gasteiger partial charge in [-0.2, -0.15) is 0 Å². The van der Waals surface area contributed by atoms with Crippen molar-refractivity contribution in [3.8, 4) is 0 Å². The lowest BCUT2D eigenvalue weighted by Gasteiger charge is -2.17. The van der Waals surface area contributed by atoms with Crippen LogP contribution in [0.2, 0.25) is 0 Å². The van der Waals surface area contributed by atoms with Gasteiger partial charge in [0.05, 0.1) is 0 Å². The van der Waals surface area contributed by atoms with Crippen molar-refractivity contribution in [1.82, 2.24) is 0 Å². The van der Waals surface area contributed by atoms with E-state index in [9.17, 15) is 14.5 Å². The maximum atomic E-state index is 12.9. The first-order chi connectivity index (χ1) is 9.54. The Morgan fingerprint density at radius 1 is 1.15 bits per heavy atom. The van der Waals surface area contributed by atoms with Gasteiger partial charge in [0.15, 0.2) is 0 Å². The summed E-state index contributed by atoms with van der Waals surface area (Å²) in [6.07, 6.45) is 0. The summed E-state index contributed by atoms with van der Waals surface area (Å²) in [6.45, 7) is 1.71. The molecule has 5 heteroatoms. The maximum absolute atomic E-state index is 12.9. The van der Waals surface area contributed by atoms with E-state index in [0.29, 0.717) is 5.56 Å². The van der Waals surface area contributed by atoms with Gasteiger partial charge in [0.2, 0.25) is 6.54 Å². The predicted molar refractivity (Wildman–Crippen MR) is 75.8 cm³/mol. The highest BCUT2D eigenvalue weighted by molar-refractivity contribution is 5.46. The largest absolute Gasteiger partial charge is 0.372 e. The van der Waals surface area contributed by atoms with Crippen molar-refractivity contribution in [2.75, 3.05) is 11.9 Å². The van der Waals surface area contributed by atoms with E-state index in [2.05, 4.69) is 5.32 Å². The van der Waals surface area contributed by atoms with Crippen molar-refractivity contribution in [2.45, 2.75) is 13.0 Å². The zero-order valence-electron chi connectivity index (χ0n) is 11.0. The molecule has 0 radical (unpaired) electrons. The van der Waals surface area contributed by atoms with Crippen LogP contribution in [0.1, 0.15) is 17.2 Å². The number of hydrogen-bond donors (Lipinski definition) is 1. The molecule has 1 N–H and O–H groups in total. The summed E-state index contributed by atoms with van der Waals surface area (Å²) in [7, 11) is 0. The van der Waals surface area contributed by atoms with E-state index in [-0.39, 0.29) is 17.3 Å². The Kier molecular flexibility index (Phi) is 4.30. The lowest BCUT2D eigenvalue weighted by molar-refractivity contribution is -0.482. The monoisotopic (exact) mass is 274 g/mol. The first kappa shape index (κ1) is 14.0. The molecule has 104 valence electrons. The van der Waals surface area contributed by atoms with Gasteiger partial charge in [-0.05, 0) is 36.8 Å². The van der Waals surface area contributed by atoms with Gasteiger partial charge < -0.3 is 5.32 Å². The quantitative estimate of drug-likeness (QED) is 0.670. The molecule has 0 fully saturated rings. The van der Waals surface area contributed by atoms with Crippen LogP contribution < -0.4 is 5.32 Å². The average Bonchev–Trinajstić information content (AvgIpc) is 2.41. The van der Waals surface area contributed by atoms with Gasteiger partial charge >= 0.3 is 0 Å². The SMILES string of the molecule is Cc1ccc(NC(C[N+](=O)[O-])c2ccc(F)cc2)cc1. The number of benzene rings is 2. The minimum absolute atomic E-state index is 0.264. The van der Waals surface area contributed by atoms with Crippen LogP contribution in [0.15, 0.2) is 48.5 Å². The van der Waals surface area contributed by atoms with Crippen molar-refractivity contribution < 1.29 is 9.31 Å². The summed E-state index contributed by atoms with van der Waals surface area (Å²) in [5, 5.41) is 13.9. The topological polar surface area (TPSA) is 55.2 Å². The first-order valence-electron chi connectivity index (χ1n) is 6.25. The third-order valence-electron chi connectivity index (χ3n) is 3.00. The van der Waals surface area contributed by atoms with Crippen LogP contribution in [0.25, 0.3) is 0 Å². The van der Waals surface area contributed by atoms with Crippen LogP contribution in [0.4, 0.5) is 10.1 Å². The minimum atomic E-state index is -0.492. The molecule has 2 aromatic carbocycles. The number of nitro groups is 1. The highest BCUT2D eigenvalue weighted by Crippen LogP contribution is 2.20. The fourth-order valence-electron chi connectivity index (χ4n) is 1.93. The molecule has 1 unspecified atom stereocenters. The molecule has 0 amide bonds. The third-order valence-corrected chi connectivity index (χ3v) is 3.00. The lowest BCUT2D eigenvalue weighted by atomic mass is 10.1. The van der Waals surface area contributed by atoms with Gasteiger partial charge in [-0.1, -0.05) is 29.8 Å². The second-order valence-electron chi connectivity index (χ2n) is 4.63. The lowest BCUT2D eigenvalue weighted by Crippen LogP contribution is -2.20. The summed E-state index contributed by atoms with van der Waals surface area (Å²) >= 11 is 0. The normalized spacial score (nSPS) is 11.9. The van der Waals surface area contributed by atoms with Crippen LogP contribution in [0.3, 0.4) is 0 Å². The van der Waals surface area contributed by atoms with Crippen LogP contribution in [-0.2, 0) is 0 Å². The van der Waals surface area contributed by atoms with Crippen LogP contribution in [0, 0.1) is 22.9 Å². The number of nitrogens with one attached hydrogen (secondary N) is 1. The van der Waals surface area contributed by atoms with E-state index < -0.39 is 6.04 Å². The van der Waals surface area contributed by atoms with E-state index >= 15 is 0 Å². The third kappa shape index (κ3) is 3.78. The number of nitrogens with zero attached hydrogens (tertiary/aromatic N) is 1. The Bertz CT molecular complexity index is 582. The molecule has 0 aliphatic carbocycles. The van der Waals surface area contributed by atoms with E-state index in [1.165, 1.54) is 12.1 Å². The van der Waals surface area contributed by atoms with Gasteiger partial charge in [-0.3, -0.25) is 10.1 Å². The van der Waals surface area contributed by atoms with Gasteiger partial charge in [-0.25, -0.2) is 4.39 Å². The molecular weight excluding hydrogens is 259 g/mol. The molecular formula is C15H15FN2O2. The van der Waals surface area contributed by atoms with Gasteiger partial charge in [0.1, 0.15) is 11.9 Å². The summed E-state index contributed by atoms with van der Waals surface area (Å²) in [6, 6.07) is 12.8. The van der Waals surface area contributed by atoms with Crippen LogP contribution in [-0.4, -0.2) is 11.5 Å². The molecule has 1 atom stereocenters. The second kappa shape index (κ2) is 6.14. The first-order valence-corrected chi connectivity index (χ1v) is 6.25. The molecule has 4 nitrogen and oxygen atoms in total. The van der Waals surface area contributed by atoms with Gasteiger partial charge in [0.25, 0.3) is 0 Å². The molecule has 0 saturated carbocycles. The van der Waals surface area contributed by atoms with Gasteiger partial charge in [0, 0.05) is 10.6 Å². The molecule has 0 aromatic heterocycles. The molecule has 20 heavy (non-hydrogen) atoms. The minimum Gasteiger partial charge on any atom is -0.372 e. The molecule has 0 saturated heterocycles. The number of anilines is 1. The van der Waals surface area contributed by atoms with Crippen molar-refractivity contribution in [3.63, 3.8) is 0 Å². The summed E-state index contributed by atoms with van der Waals surface area (Å²) in [5.41, 5.74) is 2.60. The fraction of sp³-hybridized carbons (Fsp3) is 0.200. The fourth-order valence-corrected chi connectivity index (χ4v) is 1.93. The molecule has 0 aliphatic rings. The zero-order valence-corrected chi connectivity index (χ0v) is 11.0. The zero-order chi connectivity index (χ0) is 14.5. The van der Waals surface area contributed by atoms with Crippen molar-refractivity contribution in [3.05, 3.63) is 75.6 Å². The van der Waals surface area contributed by atoms with Crippen molar-refractivity contribution >= 4 is 5.69 Å². The highest BCUT2D eigenvalue weighted by Gasteiger charge is 2.17. The molecule has 0 aliphatic heterocycles. The molecule has 0 spiro atoms. The van der Waals surface area contributed by atoms with E-state index in [4.69, 9.17) is 0 Å². The van der Waals surface area contributed by atoms with Crippen molar-refractivity contribution in [2.24, 2.45) is 0 Å². The Hall–Kier alpha value is -2.43. The van der Waals surface area contributed by atoms with Crippen LogP contribution >= 0.6 is 0 Å². The summed E-state index contributed by atoms with van der Waals surface area (Å²) < 4.78 is 12.9. The Balaban J connectivity index is 2.21. The Morgan fingerprint density at radius 3 is 2.30 bits per heavy atom. The highest BCUT2D eigenvalue weighted by atomic mass is 19.1. The number of aryl methyl sites for hydroxylation is 1. The summed E-state index contributed by atoms with van der Waals surface area (Å²) in [4.78, 5) is 10.4. The molecule has 2 aromatic rings. The summed E-state index contributed by atoms with van der Waals surface area (Å²) in [5.74, 6) is -0.357. The van der Waals surface area contributed by atoms with Crippen LogP contribution in [0.5, 0.6) is 0 Å². The standard InChI is InChI=1S/C15H15FN2O2/c1-11-2-8-14(9-3-11)17-15(10-18(19)20)12-4-6-13(16)7-5-12/h2-9,15,17H,10H2,1H3. The van der Waals surface area contributed by atoms with Gasteiger partial charge in [-0.15, -0.1) is 0 Å². The Labute approximate surface area is 116 Å². The smallest absolute Gasteiger partial charge is 0.227 e.